The molecule has 15 heavy (non-hydrogen) atoms. The van der Waals surface area contributed by atoms with Crippen LogP contribution in [0.15, 0.2) is 33.3 Å². The predicted octanol–water partition coefficient (Wildman–Crippen LogP) is 3.53. The third kappa shape index (κ3) is 2.24. The molecule has 0 N–H and O–H groups in total. The normalized spacial score (nSPS) is 10.6. The molecule has 1 aromatic carbocycles. The second kappa shape index (κ2) is 4.63. The summed E-state index contributed by atoms with van der Waals surface area (Å²) in [6.07, 6.45) is 1.65. The van der Waals surface area contributed by atoms with E-state index < -0.39 is 0 Å². The summed E-state index contributed by atoms with van der Waals surface area (Å²) in [5.74, 6) is 0.384. The van der Waals surface area contributed by atoms with Gasteiger partial charge in [-0.05, 0) is 34.1 Å². The molecule has 0 bridgehead atoms. The lowest BCUT2D eigenvalue weighted by Crippen LogP contribution is -2.01. The summed E-state index contributed by atoms with van der Waals surface area (Å²) in [6, 6.07) is 5.84. The summed E-state index contributed by atoms with van der Waals surface area (Å²) < 4.78 is 3.66. The highest BCUT2D eigenvalue weighted by atomic mass is 79.9. The van der Waals surface area contributed by atoms with Crippen LogP contribution in [-0.4, -0.2) is 15.0 Å². The van der Waals surface area contributed by atoms with Gasteiger partial charge in [0.05, 0.1) is 23.5 Å². The van der Waals surface area contributed by atoms with Gasteiger partial charge < -0.3 is 0 Å². The van der Waals surface area contributed by atoms with E-state index in [-0.39, 0.29) is 0 Å². The number of aromatic nitrogens is 3. The number of nitrogens with zero attached hydrogens (tertiary/aromatic N) is 3. The molecule has 2 aromatic rings. The molecule has 1 aromatic heterocycles. The lowest BCUT2D eigenvalue weighted by Gasteiger charge is -2.06. The van der Waals surface area contributed by atoms with E-state index in [2.05, 4.69) is 42.2 Å². The van der Waals surface area contributed by atoms with E-state index in [0.29, 0.717) is 5.88 Å². The number of hydrogen-bond acceptors (Lipinski definition) is 2. The Morgan fingerprint density at radius 2 is 2.13 bits per heavy atom. The number of alkyl halides is 1. The summed E-state index contributed by atoms with van der Waals surface area (Å²) in [7, 11) is 0. The summed E-state index contributed by atoms with van der Waals surface area (Å²) in [5.41, 5.74) is 1.78. The van der Waals surface area contributed by atoms with Crippen molar-refractivity contribution in [1.82, 2.24) is 15.0 Å². The third-order valence-corrected chi connectivity index (χ3v) is 3.30. The Hall–Kier alpha value is -0.390. The molecular formula is C9H6Br2ClN3. The Morgan fingerprint density at radius 1 is 1.33 bits per heavy atom. The molecule has 0 atom stereocenters. The fourth-order valence-corrected chi connectivity index (χ4v) is 2.60. The second-order valence-electron chi connectivity index (χ2n) is 2.87. The number of rotatable bonds is 2. The Balaban J connectivity index is 2.54. The van der Waals surface area contributed by atoms with E-state index in [1.165, 1.54) is 0 Å². The molecule has 78 valence electrons. The van der Waals surface area contributed by atoms with Gasteiger partial charge in [-0.2, -0.15) is 0 Å². The van der Waals surface area contributed by atoms with Crippen molar-refractivity contribution in [2.75, 3.05) is 0 Å². The molecule has 0 aliphatic rings. The van der Waals surface area contributed by atoms with E-state index in [9.17, 15) is 0 Å². The van der Waals surface area contributed by atoms with Crippen LogP contribution in [-0.2, 0) is 5.88 Å². The van der Waals surface area contributed by atoms with Crippen LogP contribution in [0.5, 0.6) is 0 Å². The van der Waals surface area contributed by atoms with Gasteiger partial charge in [0.15, 0.2) is 0 Å². The first-order valence-corrected chi connectivity index (χ1v) is 6.25. The Labute approximate surface area is 109 Å². The standard InChI is InChI=1S/C9H6Br2ClN3/c10-6-1-2-9(8(11)3-6)15-7(4-12)5-13-14-15/h1-3,5H,4H2. The van der Waals surface area contributed by atoms with Gasteiger partial charge >= 0.3 is 0 Å². The van der Waals surface area contributed by atoms with Crippen molar-refractivity contribution in [3.8, 4) is 5.69 Å². The van der Waals surface area contributed by atoms with Gasteiger partial charge in [0.2, 0.25) is 0 Å². The van der Waals surface area contributed by atoms with Crippen molar-refractivity contribution in [3.05, 3.63) is 39.0 Å². The lowest BCUT2D eigenvalue weighted by molar-refractivity contribution is 0.778. The van der Waals surface area contributed by atoms with Gasteiger partial charge in [0.25, 0.3) is 0 Å². The lowest BCUT2D eigenvalue weighted by atomic mass is 10.3. The molecule has 0 spiro atoms. The summed E-state index contributed by atoms with van der Waals surface area (Å²) >= 11 is 12.6. The van der Waals surface area contributed by atoms with Gasteiger partial charge in [-0.1, -0.05) is 21.1 Å². The van der Waals surface area contributed by atoms with E-state index >= 15 is 0 Å². The smallest absolute Gasteiger partial charge is 0.0810 e. The van der Waals surface area contributed by atoms with Crippen molar-refractivity contribution >= 4 is 43.5 Å². The molecule has 0 radical (unpaired) electrons. The molecule has 3 nitrogen and oxygen atoms in total. The molecule has 0 aliphatic carbocycles. The first kappa shape index (κ1) is 11.1. The number of benzene rings is 1. The highest BCUT2D eigenvalue weighted by molar-refractivity contribution is 9.11. The minimum Gasteiger partial charge on any atom is -0.215 e. The van der Waals surface area contributed by atoms with Gasteiger partial charge in [-0.25, -0.2) is 4.68 Å². The molecule has 6 heteroatoms. The summed E-state index contributed by atoms with van der Waals surface area (Å²) in [5, 5.41) is 7.81. The van der Waals surface area contributed by atoms with Crippen LogP contribution in [0, 0.1) is 0 Å². The van der Waals surface area contributed by atoms with Crippen LogP contribution in [0.3, 0.4) is 0 Å². The van der Waals surface area contributed by atoms with Crippen LogP contribution >= 0.6 is 43.5 Å². The van der Waals surface area contributed by atoms with Crippen LogP contribution < -0.4 is 0 Å². The molecule has 0 saturated heterocycles. The molecule has 2 rings (SSSR count). The zero-order valence-electron chi connectivity index (χ0n) is 7.49. The molecule has 0 aliphatic heterocycles. The number of halogens is 3. The van der Waals surface area contributed by atoms with E-state index in [1.54, 1.807) is 10.9 Å². The molecular weight excluding hydrogens is 345 g/mol. The predicted molar refractivity (Wildman–Crippen MR) is 66.3 cm³/mol. The van der Waals surface area contributed by atoms with Gasteiger partial charge in [-0.3, -0.25) is 0 Å². The SMILES string of the molecule is ClCc1cnnn1-c1ccc(Br)cc1Br. The van der Waals surface area contributed by atoms with Crippen molar-refractivity contribution in [1.29, 1.82) is 0 Å². The van der Waals surface area contributed by atoms with Crippen LogP contribution in [0.4, 0.5) is 0 Å². The van der Waals surface area contributed by atoms with Crippen molar-refractivity contribution in [3.63, 3.8) is 0 Å². The Kier molecular flexibility index (Phi) is 3.43. The van der Waals surface area contributed by atoms with E-state index in [1.807, 2.05) is 18.2 Å². The molecule has 0 saturated carbocycles. The maximum atomic E-state index is 5.78. The van der Waals surface area contributed by atoms with Gasteiger partial charge in [-0.15, -0.1) is 16.7 Å². The van der Waals surface area contributed by atoms with Crippen LogP contribution in [0.25, 0.3) is 5.69 Å². The van der Waals surface area contributed by atoms with E-state index in [0.717, 1.165) is 20.3 Å². The van der Waals surface area contributed by atoms with Crippen molar-refractivity contribution < 1.29 is 0 Å². The number of hydrogen-bond donors (Lipinski definition) is 0. The van der Waals surface area contributed by atoms with E-state index in [4.69, 9.17) is 11.6 Å². The van der Waals surface area contributed by atoms with Crippen LogP contribution in [0.1, 0.15) is 5.69 Å². The minimum absolute atomic E-state index is 0.384. The fourth-order valence-electron chi connectivity index (χ4n) is 1.20. The molecule has 0 fully saturated rings. The van der Waals surface area contributed by atoms with Crippen LogP contribution in [0.2, 0.25) is 0 Å². The zero-order chi connectivity index (χ0) is 10.8. The maximum Gasteiger partial charge on any atom is 0.0810 e. The van der Waals surface area contributed by atoms with Crippen molar-refractivity contribution in [2.24, 2.45) is 0 Å². The zero-order valence-corrected chi connectivity index (χ0v) is 11.4. The average Bonchev–Trinajstić information content (AvgIpc) is 2.65. The summed E-state index contributed by atoms with van der Waals surface area (Å²) in [6.45, 7) is 0. The average molecular weight is 351 g/mol. The quantitative estimate of drug-likeness (QED) is 0.775. The Morgan fingerprint density at radius 3 is 2.80 bits per heavy atom. The van der Waals surface area contributed by atoms with Gasteiger partial charge in [0, 0.05) is 8.95 Å². The second-order valence-corrected chi connectivity index (χ2v) is 4.90. The largest absolute Gasteiger partial charge is 0.215 e. The minimum atomic E-state index is 0.384. The molecule has 0 amide bonds. The fraction of sp³-hybridized carbons (Fsp3) is 0.111. The molecule has 0 unspecified atom stereocenters. The van der Waals surface area contributed by atoms with Gasteiger partial charge in [0.1, 0.15) is 0 Å². The highest BCUT2D eigenvalue weighted by Gasteiger charge is 2.08. The molecule has 1 heterocycles. The third-order valence-electron chi connectivity index (χ3n) is 1.89. The topological polar surface area (TPSA) is 30.7 Å². The Bertz CT molecular complexity index is 484. The monoisotopic (exact) mass is 349 g/mol. The summed E-state index contributed by atoms with van der Waals surface area (Å²) in [4.78, 5) is 0. The first-order valence-electron chi connectivity index (χ1n) is 4.13. The first-order chi connectivity index (χ1) is 7.22. The van der Waals surface area contributed by atoms with Crippen molar-refractivity contribution in [2.45, 2.75) is 5.88 Å². The maximum absolute atomic E-state index is 5.78. The highest BCUT2D eigenvalue weighted by Crippen LogP contribution is 2.25.